The van der Waals surface area contributed by atoms with Crippen molar-refractivity contribution < 1.29 is 0 Å². The van der Waals surface area contributed by atoms with Gasteiger partial charge < -0.3 is 5.32 Å². The molecule has 2 aromatic rings. The summed E-state index contributed by atoms with van der Waals surface area (Å²) in [5, 5.41) is 7.96. The first-order valence-electron chi connectivity index (χ1n) is 6.49. The maximum atomic E-state index is 4.37. The molecule has 1 unspecified atom stereocenters. The number of nitrogens with zero attached hydrogens (tertiary/aromatic N) is 2. The van der Waals surface area contributed by atoms with E-state index in [1.54, 1.807) is 0 Å². The highest BCUT2D eigenvalue weighted by molar-refractivity contribution is 5.42. The van der Waals surface area contributed by atoms with E-state index in [0.29, 0.717) is 12.0 Å². The second-order valence-corrected chi connectivity index (χ2v) is 5.12. The van der Waals surface area contributed by atoms with Gasteiger partial charge in [-0.3, -0.25) is 4.68 Å². The smallest absolute Gasteiger partial charge is 0.0531 e. The number of nitrogens with one attached hydrogen (secondary N) is 1. The third-order valence-electron chi connectivity index (χ3n) is 4.11. The quantitative estimate of drug-likeness (QED) is 0.831. The molecule has 0 saturated heterocycles. The third-order valence-corrected chi connectivity index (χ3v) is 4.11. The Morgan fingerprint density at radius 1 is 1.22 bits per heavy atom. The van der Waals surface area contributed by atoms with Gasteiger partial charge in [0.25, 0.3) is 0 Å². The standard InChI is InChI=1S/C15H19N3/c1-10-12-6-4-5-7-13(12)15(8-16-10)14-9-17-18(3)11(14)2/h4-7,9-10,15-16H,8H2,1-3H3/t10-,15?/m0/s1. The molecule has 0 aliphatic carbocycles. The largest absolute Gasteiger partial charge is 0.309 e. The van der Waals surface area contributed by atoms with Crippen LogP contribution in [-0.4, -0.2) is 16.3 Å². The van der Waals surface area contributed by atoms with Gasteiger partial charge in [-0.15, -0.1) is 0 Å². The maximum absolute atomic E-state index is 4.37. The Bertz CT molecular complexity index is 571. The summed E-state index contributed by atoms with van der Waals surface area (Å²) in [7, 11) is 2.00. The molecule has 0 saturated carbocycles. The highest BCUT2D eigenvalue weighted by Gasteiger charge is 2.27. The summed E-state index contributed by atoms with van der Waals surface area (Å²) in [4.78, 5) is 0. The number of rotatable bonds is 1. The van der Waals surface area contributed by atoms with Crippen LogP contribution in [0.3, 0.4) is 0 Å². The molecule has 2 atom stereocenters. The van der Waals surface area contributed by atoms with Gasteiger partial charge in [-0.05, 0) is 25.0 Å². The zero-order chi connectivity index (χ0) is 12.7. The van der Waals surface area contributed by atoms with E-state index >= 15 is 0 Å². The zero-order valence-corrected chi connectivity index (χ0v) is 11.1. The van der Waals surface area contributed by atoms with Crippen molar-refractivity contribution in [1.29, 1.82) is 0 Å². The fourth-order valence-electron chi connectivity index (χ4n) is 2.87. The first-order valence-corrected chi connectivity index (χ1v) is 6.49. The van der Waals surface area contributed by atoms with Crippen molar-refractivity contribution in [3.63, 3.8) is 0 Å². The lowest BCUT2D eigenvalue weighted by Crippen LogP contribution is -2.32. The van der Waals surface area contributed by atoms with Crippen LogP contribution < -0.4 is 5.32 Å². The van der Waals surface area contributed by atoms with Gasteiger partial charge in [-0.25, -0.2) is 0 Å². The van der Waals surface area contributed by atoms with Crippen LogP contribution in [0.2, 0.25) is 0 Å². The van der Waals surface area contributed by atoms with Crippen LogP contribution in [0, 0.1) is 6.92 Å². The van der Waals surface area contributed by atoms with E-state index in [2.05, 4.69) is 48.5 Å². The molecule has 0 fully saturated rings. The predicted molar refractivity (Wildman–Crippen MR) is 72.6 cm³/mol. The predicted octanol–water partition coefficient (Wildman–Crippen LogP) is 2.52. The van der Waals surface area contributed by atoms with Crippen molar-refractivity contribution in [1.82, 2.24) is 15.1 Å². The van der Waals surface area contributed by atoms with Gasteiger partial charge in [0, 0.05) is 36.8 Å². The molecule has 1 N–H and O–H groups in total. The number of fused-ring (bicyclic) bond motifs is 1. The average molecular weight is 241 g/mol. The molecule has 0 radical (unpaired) electrons. The molecule has 3 nitrogen and oxygen atoms in total. The van der Waals surface area contributed by atoms with Crippen LogP contribution >= 0.6 is 0 Å². The van der Waals surface area contributed by atoms with Gasteiger partial charge >= 0.3 is 0 Å². The Kier molecular flexibility index (Phi) is 2.71. The van der Waals surface area contributed by atoms with Crippen LogP contribution in [0.4, 0.5) is 0 Å². The van der Waals surface area contributed by atoms with Crippen molar-refractivity contribution >= 4 is 0 Å². The van der Waals surface area contributed by atoms with Gasteiger partial charge in [-0.1, -0.05) is 24.3 Å². The van der Waals surface area contributed by atoms with Crippen molar-refractivity contribution in [2.24, 2.45) is 7.05 Å². The van der Waals surface area contributed by atoms with Crippen LogP contribution in [0.15, 0.2) is 30.5 Å². The molecule has 1 aliphatic rings. The van der Waals surface area contributed by atoms with Crippen LogP contribution in [0.1, 0.15) is 41.3 Å². The fourth-order valence-corrected chi connectivity index (χ4v) is 2.87. The monoisotopic (exact) mass is 241 g/mol. The van der Waals surface area contributed by atoms with E-state index in [1.807, 2.05) is 17.9 Å². The number of aryl methyl sites for hydroxylation is 1. The molecule has 0 amide bonds. The Morgan fingerprint density at radius 2 is 1.94 bits per heavy atom. The molecule has 0 bridgehead atoms. The maximum Gasteiger partial charge on any atom is 0.0531 e. The second kappa shape index (κ2) is 4.25. The summed E-state index contributed by atoms with van der Waals surface area (Å²) in [6.07, 6.45) is 2.01. The molecule has 1 aliphatic heterocycles. The fraction of sp³-hybridized carbons (Fsp3) is 0.400. The normalized spacial score (nSPS) is 22.8. The molecule has 0 spiro atoms. The van der Waals surface area contributed by atoms with Crippen molar-refractivity contribution in [3.05, 3.63) is 52.8 Å². The minimum Gasteiger partial charge on any atom is -0.309 e. The van der Waals surface area contributed by atoms with E-state index in [4.69, 9.17) is 0 Å². The summed E-state index contributed by atoms with van der Waals surface area (Å²) in [6, 6.07) is 9.18. The van der Waals surface area contributed by atoms with Crippen molar-refractivity contribution in [2.45, 2.75) is 25.8 Å². The number of aromatic nitrogens is 2. The topological polar surface area (TPSA) is 29.9 Å². The Hall–Kier alpha value is -1.61. The molecule has 1 aromatic heterocycles. The molecule has 94 valence electrons. The molecule has 3 heteroatoms. The Balaban J connectivity index is 2.10. The number of hydrogen-bond donors (Lipinski definition) is 1. The summed E-state index contributed by atoms with van der Waals surface area (Å²) < 4.78 is 1.95. The lowest BCUT2D eigenvalue weighted by molar-refractivity contribution is 0.507. The van der Waals surface area contributed by atoms with Crippen LogP contribution in [-0.2, 0) is 7.05 Å². The first-order chi connectivity index (χ1) is 8.68. The molecular formula is C15H19N3. The third kappa shape index (κ3) is 1.66. The van der Waals surface area contributed by atoms with Gasteiger partial charge in [0.15, 0.2) is 0 Å². The average Bonchev–Trinajstić information content (AvgIpc) is 2.71. The summed E-state index contributed by atoms with van der Waals surface area (Å²) in [5.41, 5.74) is 5.45. The Morgan fingerprint density at radius 3 is 2.61 bits per heavy atom. The van der Waals surface area contributed by atoms with E-state index < -0.39 is 0 Å². The van der Waals surface area contributed by atoms with Gasteiger partial charge in [0.1, 0.15) is 0 Å². The minimum absolute atomic E-state index is 0.422. The molecule has 1 aromatic carbocycles. The highest BCUT2D eigenvalue weighted by Crippen LogP contribution is 2.35. The van der Waals surface area contributed by atoms with Gasteiger partial charge in [-0.2, -0.15) is 5.10 Å². The van der Waals surface area contributed by atoms with Gasteiger partial charge in [0.2, 0.25) is 0 Å². The zero-order valence-electron chi connectivity index (χ0n) is 11.1. The molecule has 18 heavy (non-hydrogen) atoms. The summed E-state index contributed by atoms with van der Waals surface area (Å²) >= 11 is 0. The second-order valence-electron chi connectivity index (χ2n) is 5.12. The van der Waals surface area contributed by atoms with E-state index in [-0.39, 0.29) is 0 Å². The lowest BCUT2D eigenvalue weighted by Gasteiger charge is -2.31. The van der Waals surface area contributed by atoms with Gasteiger partial charge in [0.05, 0.1) is 6.20 Å². The number of hydrogen-bond acceptors (Lipinski definition) is 2. The minimum atomic E-state index is 0.422. The van der Waals surface area contributed by atoms with E-state index in [0.717, 1.165) is 6.54 Å². The summed E-state index contributed by atoms with van der Waals surface area (Å²) in [5.74, 6) is 0.422. The summed E-state index contributed by atoms with van der Waals surface area (Å²) in [6.45, 7) is 5.36. The van der Waals surface area contributed by atoms with Crippen LogP contribution in [0.5, 0.6) is 0 Å². The highest BCUT2D eigenvalue weighted by atomic mass is 15.3. The Labute approximate surface area is 108 Å². The molecule has 3 rings (SSSR count). The van der Waals surface area contributed by atoms with Crippen LogP contribution in [0.25, 0.3) is 0 Å². The van der Waals surface area contributed by atoms with Crippen molar-refractivity contribution in [3.8, 4) is 0 Å². The first kappa shape index (κ1) is 11.5. The van der Waals surface area contributed by atoms with E-state index in [1.165, 1.54) is 22.4 Å². The van der Waals surface area contributed by atoms with E-state index in [9.17, 15) is 0 Å². The van der Waals surface area contributed by atoms with Crippen molar-refractivity contribution in [2.75, 3.05) is 6.54 Å². The molecule has 2 heterocycles. The number of benzene rings is 1. The SMILES string of the molecule is Cc1c(C2CN[C@@H](C)c3ccccc32)cnn1C. The lowest BCUT2D eigenvalue weighted by atomic mass is 9.83. The molecular weight excluding hydrogens is 222 g/mol.